The fourth-order valence-corrected chi connectivity index (χ4v) is 3.70. The number of rotatable bonds is 9. The number of aliphatic hydroxyl groups excluding tert-OH is 1. The molecule has 2 aromatic rings. The number of fused-ring (bicyclic) bond motifs is 1. The molecule has 1 aliphatic rings. The van der Waals surface area contributed by atoms with Crippen molar-refractivity contribution < 1.29 is 24.2 Å². The van der Waals surface area contributed by atoms with Gasteiger partial charge in [-0.25, -0.2) is 9.87 Å². The Morgan fingerprint density at radius 1 is 1.28 bits per heavy atom. The molecule has 6 nitrogen and oxygen atoms in total. The minimum atomic E-state index is -0.573. The van der Waals surface area contributed by atoms with Crippen LogP contribution in [0.5, 0.6) is 5.75 Å². The molecule has 154 valence electrons. The highest BCUT2D eigenvalue weighted by Gasteiger charge is 2.27. The number of hydrogen-bond donors (Lipinski definition) is 3. The SMILES string of the molecule is O=C(C=Cc1ccc2c(c1)CCC2N(CCO)CCOc1cccc(F)c1)NO. The number of nitrogens with zero attached hydrogens (tertiary/aromatic N) is 1. The first-order valence-electron chi connectivity index (χ1n) is 9.59. The van der Waals surface area contributed by atoms with Gasteiger partial charge in [0.05, 0.1) is 6.61 Å². The highest BCUT2D eigenvalue weighted by Crippen LogP contribution is 2.36. The van der Waals surface area contributed by atoms with Crippen molar-refractivity contribution in [2.75, 3.05) is 26.3 Å². The van der Waals surface area contributed by atoms with E-state index in [1.165, 1.54) is 29.3 Å². The van der Waals surface area contributed by atoms with Crippen molar-refractivity contribution in [3.8, 4) is 5.75 Å². The molecule has 0 aliphatic heterocycles. The smallest absolute Gasteiger partial charge is 0.267 e. The summed E-state index contributed by atoms with van der Waals surface area (Å²) in [6, 6.07) is 12.2. The van der Waals surface area contributed by atoms with Crippen molar-refractivity contribution in [2.45, 2.75) is 18.9 Å². The summed E-state index contributed by atoms with van der Waals surface area (Å²) in [4.78, 5) is 13.3. The minimum absolute atomic E-state index is 0.0445. The molecule has 7 heteroatoms. The number of benzene rings is 2. The standard InChI is InChI=1S/C22H25FN2O4/c23-18-2-1-3-19(15-18)29-13-11-25(10-12-26)21-8-6-17-14-16(4-7-20(17)21)5-9-22(27)24-28/h1-5,7,9,14-15,21,26,28H,6,8,10-13H2,(H,24,27). The Hall–Kier alpha value is -2.74. The Kier molecular flexibility index (Phi) is 7.35. The molecule has 3 rings (SSSR count). The van der Waals surface area contributed by atoms with Gasteiger partial charge in [-0.1, -0.05) is 24.3 Å². The number of hydrogen-bond acceptors (Lipinski definition) is 5. The van der Waals surface area contributed by atoms with Crippen LogP contribution in [-0.4, -0.2) is 47.4 Å². The average molecular weight is 400 g/mol. The van der Waals surface area contributed by atoms with E-state index in [1.807, 2.05) is 18.2 Å². The third-order valence-electron chi connectivity index (χ3n) is 5.02. The van der Waals surface area contributed by atoms with Crippen molar-refractivity contribution in [3.05, 3.63) is 71.0 Å². The molecule has 29 heavy (non-hydrogen) atoms. The van der Waals surface area contributed by atoms with Gasteiger partial charge in [-0.05, 0) is 47.7 Å². The molecule has 2 aromatic carbocycles. The normalized spacial score (nSPS) is 15.7. The van der Waals surface area contributed by atoms with E-state index < -0.39 is 5.91 Å². The van der Waals surface area contributed by atoms with Gasteiger partial charge in [-0.15, -0.1) is 0 Å². The molecule has 0 bridgehead atoms. The second-order valence-corrected chi connectivity index (χ2v) is 6.89. The van der Waals surface area contributed by atoms with Crippen molar-refractivity contribution in [1.29, 1.82) is 0 Å². The van der Waals surface area contributed by atoms with Crippen LogP contribution in [0, 0.1) is 5.82 Å². The number of nitrogens with one attached hydrogen (secondary N) is 1. The zero-order valence-corrected chi connectivity index (χ0v) is 16.1. The monoisotopic (exact) mass is 400 g/mol. The van der Waals surface area contributed by atoms with Crippen molar-refractivity contribution in [3.63, 3.8) is 0 Å². The number of aryl methyl sites for hydroxylation is 1. The van der Waals surface area contributed by atoms with Crippen LogP contribution >= 0.6 is 0 Å². The van der Waals surface area contributed by atoms with E-state index in [1.54, 1.807) is 23.7 Å². The maximum Gasteiger partial charge on any atom is 0.267 e. The van der Waals surface area contributed by atoms with Gasteiger partial charge in [0.15, 0.2) is 0 Å². The van der Waals surface area contributed by atoms with Crippen LogP contribution in [0.2, 0.25) is 0 Å². The maximum absolute atomic E-state index is 13.3. The van der Waals surface area contributed by atoms with E-state index in [4.69, 9.17) is 9.94 Å². The maximum atomic E-state index is 13.3. The van der Waals surface area contributed by atoms with Gasteiger partial charge >= 0.3 is 0 Å². The molecular weight excluding hydrogens is 375 g/mol. The first-order valence-corrected chi connectivity index (χ1v) is 9.59. The largest absolute Gasteiger partial charge is 0.492 e. The summed E-state index contributed by atoms with van der Waals surface area (Å²) in [5, 5.41) is 18.1. The highest BCUT2D eigenvalue weighted by atomic mass is 19.1. The molecule has 0 spiro atoms. The van der Waals surface area contributed by atoms with E-state index >= 15 is 0 Å². The van der Waals surface area contributed by atoms with Crippen LogP contribution in [0.3, 0.4) is 0 Å². The van der Waals surface area contributed by atoms with Crippen LogP contribution in [0.15, 0.2) is 48.5 Å². The number of carbonyl (C=O) groups is 1. The quantitative estimate of drug-likeness (QED) is 0.343. The zero-order valence-electron chi connectivity index (χ0n) is 16.1. The Balaban J connectivity index is 1.65. The second-order valence-electron chi connectivity index (χ2n) is 6.89. The van der Waals surface area contributed by atoms with E-state index in [0.29, 0.717) is 25.4 Å². The van der Waals surface area contributed by atoms with Crippen molar-refractivity contribution in [1.82, 2.24) is 10.4 Å². The molecule has 0 heterocycles. The Morgan fingerprint density at radius 3 is 2.90 bits per heavy atom. The summed E-state index contributed by atoms with van der Waals surface area (Å²) in [6.45, 7) is 1.57. The van der Waals surface area contributed by atoms with Gasteiger partial charge in [0.1, 0.15) is 18.2 Å². The van der Waals surface area contributed by atoms with E-state index in [-0.39, 0.29) is 18.5 Å². The first kappa shape index (κ1) is 21.0. The van der Waals surface area contributed by atoms with E-state index in [2.05, 4.69) is 4.90 Å². The van der Waals surface area contributed by atoms with Gasteiger partial charge in [0.2, 0.25) is 0 Å². The number of aliphatic hydroxyl groups is 1. The molecule has 0 saturated heterocycles. The van der Waals surface area contributed by atoms with Gasteiger partial charge in [-0.3, -0.25) is 14.9 Å². The molecule has 1 unspecified atom stereocenters. The molecule has 1 aliphatic carbocycles. The number of hydroxylamine groups is 1. The van der Waals surface area contributed by atoms with Crippen LogP contribution in [0.25, 0.3) is 6.08 Å². The molecular formula is C22H25FN2O4. The lowest BCUT2D eigenvalue weighted by atomic mass is 10.0. The minimum Gasteiger partial charge on any atom is -0.492 e. The van der Waals surface area contributed by atoms with E-state index in [0.717, 1.165) is 18.4 Å². The summed E-state index contributed by atoms with van der Waals surface area (Å²) in [5.41, 5.74) is 4.86. The Labute approximate surface area is 169 Å². The molecule has 3 N–H and O–H groups in total. The summed E-state index contributed by atoms with van der Waals surface area (Å²) in [7, 11) is 0. The fraction of sp³-hybridized carbons (Fsp3) is 0.318. The Bertz CT molecular complexity index is 872. The number of halogens is 1. The lowest BCUT2D eigenvalue weighted by molar-refractivity contribution is -0.124. The summed E-state index contributed by atoms with van der Waals surface area (Å²) < 4.78 is 18.9. The first-order chi connectivity index (χ1) is 14.1. The fourth-order valence-electron chi connectivity index (χ4n) is 3.70. The predicted octanol–water partition coefficient (Wildman–Crippen LogP) is 2.70. The van der Waals surface area contributed by atoms with Crippen LogP contribution in [0.4, 0.5) is 4.39 Å². The third kappa shape index (κ3) is 5.63. The van der Waals surface area contributed by atoms with Gasteiger partial charge < -0.3 is 9.84 Å². The lowest BCUT2D eigenvalue weighted by Crippen LogP contribution is -2.34. The van der Waals surface area contributed by atoms with E-state index in [9.17, 15) is 14.3 Å². The molecule has 1 amide bonds. The summed E-state index contributed by atoms with van der Waals surface area (Å²) in [5.74, 6) is -0.416. The number of amides is 1. The molecule has 0 saturated carbocycles. The average Bonchev–Trinajstić information content (AvgIpc) is 3.14. The van der Waals surface area contributed by atoms with Crippen molar-refractivity contribution in [2.24, 2.45) is 0 Å². The second kappa shape index (κ2) is 10.2. The van der Waals surface area contributed by atoms with Gasteiger partial charge in [0.25, 0.3) is 5.91 Å². The highest BCUT2D eigenvalue weighted by molar-refractivity contribution is 5.90. The topological polar surface area (TPSA) is 82.0 Å². The number of carbonyl (C=O) groups excluding carboxylic acids is 1. The molecule has 0 aromatic heterocycles. The molecule has 1 atom stereocenters. The zero-order chi connectivity index (χ0) is 20.6. The Morgan fingerprint density at radius 2 is 2.14 bits per heavy atom. The van der Waals surface area contributed by atoms with Crippen LogP contribution in [-0.2, 0) is 11.2 Å². The van der Waals surface area contributed by atoms with Crippen LogP contribution < -0.4 is 10.2 Å². The predicted molar refractivity (Wildman–Crippen MR) is 107 cm³/mol. The molecule has 0 radical (unpaired) electrons. The van der Waals surface area contributed by atoms with Gasteiger partial charge in [0, 0.05) is 31.3 Å². The van der Waals surface area contributed by atoms with Crippen molar-refractivity contribution >= 4 is 12.0 Å². The summed E-state index contributed by atoms with van der Waals surface area (Å²) >= 11 is 0. The van der Waals surface area contributed by atoms with Crippen LogP contribution in [0.1, 0.15) is 29.2 Å². The third-order valence-corrected chi connectivity index (χ3v) is 5.02. The molecule has 0 fully saturated rings. The van der Waals surface area contributed by atoms with Gasteiger partial charge in [-0.2, -0.15) is 0 Å². The lowest BCUT2D eigenvalue weighted by Gasteiger charge is -2.29. The number of ether oxygens (including phenoxy) is 1. The summed E-state index contributed by atoms with van der Waals surface area (Å²) in [6.07, 6.45) is 4.76.